The van der Waals surface area contributed by atoms with E-state index < -0.39 is 5.82 Å². The molecule has 0 saturated heterocycles. The van der Waals surface area contributed by atoms with E-state index in [1.54, 1.807) is 31.4 Å². The Labute approximate surface area is 116 Å². The molecule has 2 rings (SSSR count). The average Bonchev–Trinajstić information content (AvgIpc) is 2.47. The molecule has 0 fully saturated rings. The fourth-order valence-corrected chi connectivity index (χ4v) is 1.90. The van der Waals surface area contributed by atoms with Gasteiger partial charge in [-0.1, -0.05) is 18.2 Å². The number of carbonyl (C=O) groups excluding carboxylic acids is 1. The zero-order valence-electron chi connectivity index (χ0n) is 11.3. The number of amides is 1. The summed E-state index contributed by atoms with van der Waals surface area (Å²) in [4.78, 5) is 17.7. The van der Waals surface area contributed by atoms with Crippen molar-refractivity contribution in [3.8, 4) is 5.88 Å². The number of rotatable bonds is 4. The third-order valence-corrected chi connectivity index (χ3v) is 2.90. The van der Waals surface area contributed by atoms with Crippen LogP contribution in [0.3, 0.4) is 0 Å². The summed E-state index contributed by atoms with van der Waals surface area (Å²) in [5.74, 6) is -0.447. The van der Waals surface area contributed by atoms with Gasteiger partial charge in [-0.3, -0.25) is 4.79 Å². The van der Waals surface area contributed by atoms with Crippen LogP contribution < -0.4 is 4.74 Å². The Morgan fingerprint density at radius 2 is 2.05 bits per heavy atom. The Balaban J connectivity index is 2.18. The van der Waals surface area contributed by atoms with Gasteiger partial charge in [0.1, 0.15) is 5.82 Å². The van der Waals surface area contributed by atoms with Crippen molar-refractivity contribution >= 4 is 5.91 Å². The van der Waals surface area contributed by atoms with Gasteiger partial charge in [-0.2, -0.15) is 0 Å². The van der Waals surface area contributed by atoms with Crippen LogP contribution >= 0.6 is 0 Å². The second-order valence-corrected chi connectivity index (χ2v) is 4.31. The van der Waals surface area contributed by atoms with Crippen LogP contribution in [-0.2, 0) is 6.54 Å². The molecule has 0 N–H and O–H groups in total. The Hall–Kier alpha value is -2.43. The van der Waals surface area contributed by atoms with Crippen LogP contribution in [0, 0.1) is 5.82 Å². The average molecular weight is 274 g/mol. The molecule has 1 amide bonds. The van der Waals surface area contributed by atoms with Crippen molar-refractivity contribution in [2.24, 2.45) is 0 Å². The van der Waals surface area contributed by atoms with E-state index in [9.17, 15) is 9.18 Å². The first-order chi connectivity index (χ1) is 9.63. The number of pyridine rings is 1. The Morgan fingerprint density at radius 1 is 1.30 bits per heavy atom. The minimum atomic E-state index is -0.525. The van der Waals surface area contributed by atoms with Crippen molar-refractivity contribution in [1.82, 2.24) is 9.88 Å². The third kappa shape index (κ3) is 2.93. The van der Waals surface area contributed by atoms with Gasteiger partial charge in [0.15, 0.2) is 0 Å². The quantitative estimate of drug-likeness (QED) is 0.860. The van der Waals surface area contributed by atoms with Crippen molar-refractivity contribution < 1.29 is 13.9 Å². The normalized spacial score (nSPS) is 10.2. The van der Waals surface area contributed by atoms with Gasteiger partial charge in [-0.05, 0) is 18.2 Å². The van der Waals surface area contributed by atoms with Crippen LogP contribution in [0.1, 0.15) is 15.9 Å². The summed E-state index contributed by atoms with van der Waals surface area (Å²) in [6.07, 6.45) is 1.61. The molecule has 0 spiro atoms. The summed E-state index contributed by atoms with van der Waals surface area (Å²) < 4.78 is 18.7. The molecule has 0 bridgehead atoms. The lowest BCUT2D eigenvalue weighted by molar-refractivity contribution is 0.0779. The molecule has 1 aromatic heterocycles. The predicted molar refractivity (Wildman–Crippen MR) is 73.0 cm³/mol. The second kappa shape index (κ2) is 6.14. The molecule has 104 valence electrons. The van der Waals surface area contributed by atoms with Gasteiger partial charge >= 0.3 is 0 Å². The molecule has 4 nitrogen and oxygen atoms in total. The minimum absolute atomic E-state index is 0.0536. The number of hydrogen-bond acceptors (Lipinski definition) is 3. The SMILES string of the molecule is COc1ncccc1CN(C)C(=O)c1ccccc1F. The van der Waals surface area contributed by atoms with E-state index >= 15 is 0 Å². The maximum atomic E-state index is 13.6. The first kappa shape index (κ1) is 14.0. The summed E-state index contributed by atoms with van der Waals surface area (Å²) >= 11 is 0. The third-order valence-electron chi connectivity index (χ3n) is 2.90. The van der Waals surface area contributed by atoms with Crippen molar-refractivity contribution in [1.29, 1.82) is 0 Å². The molecule has 1 aromatic carbocycles. The van der Waals surface area contributed by atoms with Crippen molar-refractivity contribution in [2.75, 3.05) is 14.2 Å². The molecular weight excluding hydrogens is 259 g/mol. The maximum absolute atomic E-state index is 13.6. The lowest BCUT2D eigenvalue weighted by Gasteiger charge is -2.18. The summed E-state index contributed by atoms with van der Waals surface area (Å²) in [6, 6.07) is 9.50. The summed E-state index contributed by atoms with van der Waals surface area (Å²) in [7, 11) is 3.13. The smallest absolute Gasteiger partial charge is 0.256 e. The van der Waals surface area contributed by atoms with Crippen molar-refractivity contribution in [3.05, 3.63) is 59.5 Å². The van der Waals surface area contributed by atoms with Crippen molar-refractivity contribution in [3.63, 3.8) is 0 Å². The summed E-state index contributed by atoms with van der Waals surface area (Å²) in [6.45, 7) is 0.296. The van der Waals surface area contributed by atoms with E-state index in [1.807, 2.05) is 6.07 Å². The fourth-order valence-electron chi connectivity index (χ4n) is 1.90. The predicted octanol–water partition coefficient (Wildman–Crippen LogP) is 2.50. The highest BCUT2D eigenvalue weighted by atomic mass is 19.1. The van der Waals surface area contributed by atoms with E-state index in [4.69, 9.17) is 4.74 Å². The van der Waals surface area contributed by atoms with Gasteiger partial charge in [0.05, 0.1) is 19.2 Å². The molecule has 0 aliphatic rings. The zero-order chi connectivity index (χ0) is 14.5. The van der Waals surface area contributed by atoms with Crippen molar-refractivity contribution in [2.45, 2.75) is 6.54 Å². The number of ether oxygens (including phenoxy) is 1. The van der Waals surface area contributed by atoms with E-state index in [1.165, 1.54) is 24.1 Å². The molecule has 0 saturated carbocycles. The molecule has 0 aliphatic heterocycles. The molecule has 20 heavy (non-hydrogen) atoms. The first-order valence-corrected chi connectivity index (χ1v) is 6.11. The highest BCUT2D eigenvalue weighted by Gasteiger charge is 2.17. The molecule has 0 unspecified atom stereocenters. The lowest BCUT2D eigenvalue weighted by Crippen LogP contribution is -2.27. The van der Waals surface area contributed by atoms with Gasteiger partial charge in [-0.25, -0.2) is 9.37 Å². The van der Waals surface area contributed by atoms with E-state index in [-0.39, 0.29) is 11.5 Å². The second-order valence-electron chi connectivity index (χ2n) is 4.31. The lowest BCUT2D eigenvalue weighted by atomic mass is 10.1. The molecular formula is C15H15FN2O2. The molecule has 2 aromatic rings. The van der Waals surface area contributed by atoms with Gasteiger partial charge in [-0.15, -0.1) is 0 Å². The van der Waals surface area contributed by atoms with Crippen LogP contribution in [0.15, 0.2) is 42.6 Å². The number of hydrogen-bond donors (Lipinski definition) is 0. The Kier molecular flexibility index (Phi) is 4.30. The van der Waals surface area contributed by atoms with Gasteiger partial charge in [0.2, 0.25) is 5.88 Å². The monoisotopic (exact) mass is 274 g/mol. The Morgan fingerprint density at radius 3 is 2.75 bits per heavy atom. The highest BCUT2D eigenvalue weighted by molar-refractivity contribution is 5.94. The largest absolute Gasteiger partial charge is 0.481 e. The van der Waals surface area contributed by atoms with Gasteiger partial charge in [0, 0.05) is 18.8 Å². The van der Waals surface area contributed by atoms with Crippen LogP contribution in [0.25, 0.3) is 0 Å². The molecule has 5 heteroatoms. The van der Waals surface area contributed by atoms with Crippen LogP contribution in [0.4, 0.5) is 4.39 Å². The number of methoxy groups -OCH3 is 1. The number of nitrogens with zero attached hydrogens (tertiary/aromatic N) is 2. The van der Waals surface area contributed by atoms with Gasteiger partial charge in [0.25, 0.3) is 5.91 Å². The Bertz CT molecular complexity index is 616. The number of aromatic nitrogens is 1. The molecule has 0 aliphatic carbocycles. The van der Waals surface area contributed by atoms with Gasteiger partial charge < -0.3 is 9.64 Å². The van der Waals surface area contributed by atoms with Crippen LogP contribution in [0.2, 0.25) is 0 Å². The maximum Gasteiger partial charge on any atom is 0.256 e. The summed E-state index contributed by atoms with van der Waals surface area (Å²) in [5.41, 5.74) is 0.819. The number of halogens is 1. The molecule has 1 heterocycles. The van der Waals surface area contributed by atoms with Crippen LogP contribution in [-0.4, -0.2) is 29.9 Å². The fraction of sp³-hybridized carbons (Fsp3) is 0.200. The molecule has 0 atom stereocenters. The van der Waals surface area contributed by atoms with E-state index in [2.05, 4.69) is 4.98 Å². The zero-order valence-corrected chi connectivity index (χ0v) is 11.3. The van der Waals surface area contributed by atoms with Crippen LogP contribution in [0.5, 0.6) is 5.88 Å². The van der Waals surface area contributed by atoms with E-state index in [0.29, 0.717) is 12.4 Å². The highest BCUT2D eigenvalue weighted by Crippen LogP contribution is 2.17. The standard InChI is InChI=1S/C15H15FN2O2/c1-18(10-11-6-5-9-17-14(11)20-2)15(19)12-7-3-4-8-13(12)16/h3-9H,10H2,1-2H3. The topological polar surface area (TPSA) is 42.4 Å². The number of carbonyl (C=O) groups is 1. The molecule has 0 radical (unpaired) electrons. The summed E-state index contributed by atoms with van der Waals surface area (Å²) in [5, 5.41) is 0. The van der Waals surface area contributed by atoms with E-state index in [0.717, 1.165) is 5.56 Å². The number of benzene rings is 1. The minimum Gasteiger partial charge on any atom is -0.481 e. The first-order valence-electron chi connectivity index (χ1n) is 6.11.